The van der Waals surface area contributed by atoms with Crippen LogP contribution in [0.5, 0.6) is 0 Å². The molecule has 0 bridgehead atoms. The van der Waals surface area contributed by atoms with Gasteiger partial charge in [0.15, 0.2) is 0 Å². The summed E-state index contributed by atoms with van der Waals surface area (Å²) in [5, 5.41) is 0. The van der Waals surface area contributed by atoms with Crippen molar-refractivity contribution in [3.05, 3.63) is 35.6 Å². The maximum atomic E-state index is 13.6. The number of carbonyl (C=O) groups excluding carboxylic acids is 1. The van der Waals surface area contributed by atoms with Crippen LogP contribution in [0.25, 0.3) is 0 Å². The third-order valence-corrected chi connectivity index (χ3v) is 6.09. The lowest BCUT2D eigenvalue weighted by Crippen LogP contribution is -2.58. The number of amides is 1. The van der Waals surface area contributed by atoms with Gasteiger partial charge in [-0.15, -0.1) is 0 Å². The average Bonchev–Trinajstić information content (AvgIpc) is 3.12. The second kappa shape index (κ2) is 8.03. The summed E-state index contributed by atoms with van der Waals surface area (Å²) in [7, 11) is 0. The van der Waals surface area contributed by atoms with Crippen molar-refractivity contribution in [1.29, 1.82) is 0 Å². The van der Waals surface area contributed by atoms with Crippen LogP contribution in [0.1, 0.15) is 37.7 Å². The summed E-state index contributed by atoms with van der Waals surface area (Å²) in [6, 6.07) is 6.92. The van der Waals surface area contributed by atoms with E-state index < -0.39 is 0 Å². The van der Waals surface area contributed by atoms with Crippen LogP contribution in [0.2, 0.25) is 0 Å². The molecule has 1 aromatic carbocycles. The number of hydrazine groups is 1. The maximum Gasteiger partial charge on any atom is 0.228 e. The van der Waals surface area contributed by atoms with E-state index in [-0.39, 0.29) is 36.4 Å². The summed E-state index contributed by atoms with van der Waals surface area (Å²) in [5.74, 6) is 0.606. The van der Waals surface area contributed by atoms with E-state index in [1.165, 1.54) is 38.2 Å². The van der Waals surface area contributed by atoms with E-state index >= 15 is 0 Å². The Morgan fingerprint density at radius 1 is 1.19 bits per heavy atom. The Morgan fingerprint density at radius 2 is 1.96 bits per heavy atom. The van der Waals surface area contributed by atoms with E-state index in [0.717, 1.165) is 0 Å². The van der Waals surface area contributed by atoms with E-state index in [2.05, 4.69) is 10.9 Å². The van der Waals surface area contributed by atoms with Gasteiger partial charge < -0.3 is 9.64 Å². The molecular weight excluding hydrogens is 333 g/mol. The van der Waals surface area contributed by atoms with Crippen LogP contribution in [-0.4, -0.2) is 42.6 Å². The summed E-state index contributed by atoms with van der Waals surface area (Å²) in [6.45, 7) is 2.19. The lowest BCUT2D eigenvalue weighted by Gasteiger charge is -2.41. The van der Waals surface area contributed by atoms with Gasteiger partial charge in [0.1, 0.15) is 5.82 Å². The molecule has 2 unspecified atom stereocenters. The highest BCUT2D eigenvalue weighted by atomic mass is 19.1. The van der Waals surface area contributed by atoms with Crippen molar-refractivity contribution >= 4 is 5.91 Å². The summed E-state index contributed by atoms with van der Waals surface area (Å²) in [4.78, 5) is 14.8. The summed E-state index contributed by atoms with van der Waals surface area (Å²) in [5.41, 5.74) is 7.12. The predicted molar refractivity (Wildman–Crippen MR) is 96.5 cm³/mol. The molecule has 3 fully saturated rings. The van der Waals surface area contributed by atoms with Gasteiger partial charge in [0.25, 0.3) is 0 Å². The number of likely N-dealkylation sites (tertiary alicyclic amines) is 1. The SMILES string of the molecule is O=C(C1CNNC1C1CCCCC1)N1CC(OCc2ccccc2F)C1. The molecule has 0 radical (unpaired) electrons. The quantitative estimate of drug-likeness (QED) is 0.845. The molecule has 1 saturated carbocycles. The molecule has 3 aliphatic rings. The lowest BCUT2D eigenvalue weighted by atomic mass is 9.79. The fourth-order valence-electron chi connectivity index (χ4n) is 4.48. The van der Waals surface area contributed by atoms with E-state index in [4.69, 9.17) is 4.74 Å². The van der Waals surface area contributed by atoms with Crippen LogP contribution >= 0.6 is 0 Å². The molecule has 5 nitrogen and oxygen atoms in total. The topological polar surface area (TPSA) is 53.6 Å². The molecule has 26 heavy (non-hydrogen) atoms. The van der Waals surface area contributed by atoms with E-state index in [0.29, 0.717) is 31.1 Å². The van der Waals surface area contributed by atoms with Crippen LogP contribution < -0.4 is 10.9 Å². The van der Waals surface area contributed by atoms with Gasteiger partial charge in [0.05, 0.1) is 18.6 Å². The Bertz CT molecular complexity index is 629. The zero-order valence-electron chi connectivity index (χ0n) is 15.1. The summed E-state index contributed by atoms with van der Waals surface area (Å²) < 4.78 is 19.4. The average molecular weight is 361 g/mol. The number of carbonyl (C=O) groups is 1. The largest absolute Gasteiger partial charge is 0.370 e. The van der Waals surface area contributed by atoms with Crippen molar-refractivity contribution in [1.82, 2.24) is 15.8 Å². The molecule has 142 valence electrons. The van der Waals surface area contributed by atoms with Crippen molar-refractivity contribution in [2.45, 2.75) is 50.9 Å². The molecule has 6 heteroatoms. The molecule has 4 rings (SSSR count). The highest BCUT2D eigenvalue weighted by Gasteiger charge is 2.43. The van der Waals surface area contributed by atoms with Gasteiger partial charge in [-0.1, -0.05) is 37.5 Å². The molecule has 2 saturated heterocycles. The van der Waals surface area contributed by atoms with E-state index in [1.807, 2.05) is 11.0 Å². The van der Waals surface area contributed by atoms with Gasteiger partial charge in [-0.2, -0.15) is 0 Å². The monoisotopic (exact) mass is 361 g/mol. The Morgan fingerprint density at radius 3 is 2.73 bits per heavy atom. The Kier molecular flexibility index (Phi) is 5.52. The predicted octanol–water partition coefficient (Wildman–Crippen LogP) is 2.23. The second-order valence-corrected chi connectivity index (χ2v) is 7.82. The number of hydrogen-bond donors (Lipinski definition) is 2. The normalized spacial score (nSPS) is 27.5. The minimum Gasteiger partial charge on any atom is -0.370 e. The molecule has 2 N–H and O–H groups in total. The number of hydrogen-bond acceptors (Lipinski definition) is 4. The Hall–Kier alpha value is -1.50. The molecule has 0 aromatic heterocycles. The van der Waals surface area contributed by atoms with Crippen molar-refractivity contribution in [3.63, 3.8) is 0 Å². The van der Waals surface area contributed by atoms with Crippen LogP contribution in [0.15, 0.2) is 24.3 Å². The summed E-state index contributed by atoms with van der Waals surface area (Å²) >= 11 is 0. The first kappa shape index (κ1) is 17.9. The van der Waals surface area contributed by atoms with Crippen LogP contribution in [-0.2, 0) is 16.1 Å². The van der Waals surface area contributed by atoms with Gasteiger partial charge >= 0.3 is 0 Å². The highest BCUT2D eigenvalue weighted by Crippen LogP contribution is 2.32. The zero-order valence-corrected chi connectivity index (χ0v) is 15.1. The Labute approximate surface area is 154 Å². The molecule has 1 aliphatic carbocycles. The smallest absolute Gasteiger partial charge is 0.228 e. The first-order chi connectivity index (χ1) is 12.7. The van der Waals surface area contributed by atoms with Crippen molar-refractivity contribution in [2.24, 2.45) is 11.8 Å². The molecule has 2 aliphatic heterocycles. The standard InChI is InChI=1S/C20H28FN3O2/c21-18-9-5-4-8-15(18)13-26-16-11-24(12-16)20(25)17-10-22-23-19(17)14-6-2-1-3-7-14/h4-5,8-9,14,16-17,19,22-23H,1-3,6-7,10-13H2. The fraction of sp³-hybridized carbons (Fsp3) is 0.650. The number of ether oxygens (including phenoxy) is 1. The molecular formula is C20H28FN3O2. The lowest BCUT2D eigenvalue weighted by molar-refractivity contribution is -0.150. The number of rotatable bonds is 5. The summed E-state index contributed by atoms with van der Waals surface area (Å²) in [6.07, 6.45) is 6.32. The minimum absolute atomic E-state index is 0.00834. The van der Waals surface area contributed by atoms with Gasteiger partial charge in [-0.05, 0) is 24.8 Å². The molecule has 1 amide bonds. The van der Waals surface area contributed by atoms with Gasteiger partial charge in [0.2, 0.25) is 5.91 Å². The van der Waals surface area contributed by atoms with Gasteiger partial charge in [-0.3, -0.25) is 15.6 Å². The highest BCUT2D eigenvalue weighted by molar-refractivity contribution is 5.81. The fourth-order valence-corrected chi connectivity index (χ4v) is 4.48. The first-order valence-electron chi connectivity index (χ1n) is 9.84. The van der Waals surface area contributed by atoms with Gasteiger partial charge in [0, 0.05) is 31.2 Å². The van der Waals surface area contributed by atoms with Crippen molar-refractivity contribution in [2.75, 3.05) is 19.6 Å². The maximum absolute atomic E-state index is 13.6. The number of benzene rings is 1. The van der Waals surface area contributed by atoms with Crippen LogP contribution in [0.4, 0.5) is 4.39 Å². The number of halogens is 1. The van der Waals surface area contributed by atoms with E-state index in [1.54, 1.807) is 12.1 Å². The van der Waals surface area contributed by atoms with Crippen LogP contribution in [0.3, 0.4) is 0 Å². The minimum atomic E-state index is -0.238. The first-order valence-corrected chi connectivity index (χ1v) is 9.84. The van der Waals surface area contributed by atoms with Gasteiger partial charge in [-0.25, -0.2) is 4.39 Å². The molecule has 2 atom stereocenters. The molecule has 0 spiro atoms. The third-order valence-electron chi connectivity index (χ3n) is 6.09. The number of nitrogens with one attached hydrogen (secondary N) is 2. The van der Waals surface area contributed by atoms with E-state index in [9.17, 15) is 9.18 Å². The Balaban J connectivity index is 1.25. The molecule has 1 aromatic rings. The second-order valence-electron chi connectivity index (χ2n) is 7.82. The molecule has 2 heterocycles. The third kappa shape index (κ3) is 3.77. The number of nitrogens with zero attached hydrogens (tertiary/aromatic N) is 1. The van der Waals surface area contributed by atoms with Crippen LogP contribution in [0, 0.1) is 17.7 Å². The zero-order chi connectivity index (χ0) is 17.9. The van der Waals surface area contributed by atoms with Crippen molar-refractivity contribution < 1.29 is 13.9 Å². The van der Waals surface area contributed by atoms with Crippen molar-refractivity contribution in [3.8, 4) is 0 Å².